The minimum absolute atomic E-state index is 0.0770. The normalized spacial score (nSPS) is 23.7. The van der Waals surface area contributed by atoms with Gasteiger partial charge in [0.15, 0.2) is 0 Å². The van der Waals surface area contributed by atoms with E-state index in [4.69, 9.17) is 5.73 Å². The second kappa shape index (κ2) is 5.52. The van der Waals surface area contributed by atoms with E-state index in [0.29, 0.717) is 19.0 Å². The van der Waals surface area contributed by atoms with Crippen LogP contribution in [0.1, 0.15) is 19.3 Å². The van der Waals surface area contributed by atoms with E-state index in [-0.39, 0.29) is 12.0 Å². The molecule has 1 aliphatic rings. The quantitative estimate of drug-likeness (QED) is 0.879. The molecule has 0 unspecified atom stereocenters. The molecule has 0 amide bonds. The fraction of sp³-hybridized carbons (Fsp3) is 0.500. The van der Waals surface area contributed by atoms with E-state index in [0.717, 1.165) is 25.0 Å². The lowest BCUT2D eigenvalue weighted by atomic mass is 10.1. The third-order valence-electron chi connectivity index (χ3n) is 3.41. The molecule has 2 rings (SSSR count). The van der Waals surface area contributed by atoms with Crippen molar-refractivity contribution >= 4 is 10.0 Å². The smallest absolute Gasteiger partial charge is 0.241 e. The van der Waals surface area contributed by atoms with Crippen LogP contribution in [0.5, 0.6) is 0 Å². The van der Waals surface area contributed by atoms with Crippen LogP contribution in [0.3, 0.4) is 0 Å². The molecule has 4 nitrogen and oxygen atoms in total. The lowest BCUT2D eigenvalue weighted by molar-refractivity contribution is 0.452. The van der Waals surface area contributed by atoms with E-state index in [9.17, 15) is 17.2 Å². The van der Waals surface area contributed by atoms with Crippen molar-refractivity contribution in [1.82, 2.24) is 4.72 Å². The summed E-state index contributed by atoms with van der Waals surface area (Å²) >= 11 is 0. The fourth-order valence-corrected chi connectivity index (χ4v) is 3.81. The molecule has 0 heterocycles. The van der Waals surface area contributed by atoms with E-state index in [1.807, 2.05) is 0 Å². The van der Waals surface area contributed by atoms with Crippen LogP contribution in [0.25, 0.3) is 0 Å². The molecule has 0 bridgehead atoms. The van der Waals surface area contributed by atoms with E-state index >= 15 is 0 Å². The third kappa shape index (κ3) is 3.29. The van der Waals surface area contributed by atoms with Gasteiger partial charge in [-0.15, -0.1) is 0 Å². The SMILES string of the molecule is NC[C@H]1CCC[C@H]1NS(=O)(=O)c1cc(F)cc(F)c1. The Morgan fingerprint density at radius 3 is 2.42 bits per heavy atom. The van der Waals surface area contributed by atoms with Crippen molar-refractivity contribution in [3.8, 4) is 0 Å². The van der Waals surface area contributed by atoms with Crippen molar-refractivity contribution in [3.63, 3.8) is 0 Å². The number of benzene rings is 1. The molecule has 2 atom stereocenters. The Balaban J connectivity index is 2.22. The molecular weight excluding hydrogens is 274 g/mol. The topological polar surface area (TPSA) is 72.2 Å². The molecule has 0 aliphatic heterocycles. The first-order valence-corrected chi connectivity index (χ1v) is 7.59. The van der Waals surface area contributed by atoms with Crippen LogP contribution in [0.15, 0.2) is 23.1 Å². The zero-order chi connectivity index (χ0) is 14.0. The zero-order valence-corrected chi connectivity index (χ0v) is 11.1. The Kier molecular flexibility index (Phi) is 4.17. The average molecular weight is 290 g/mol. The van der Waals surface area contributed by atoms with Gasteiger partial charge in [-0.3, -0.25) is 0 Å². The van der Waals surface area contributed by atoms with Gasteiger partial charge in [0.05, 0.1) is 4.90 Å². The maximum atomic E-state index is 13.1. The van der Waals surface area contributed by atoms with Gasteiger partial charge in [-0.05, 0) is 37.4 Å². The van der Waals surface area contributed by atoms with Gasteiger partial charge in [-0.2, -0.15) is 0 Å². The van der Waals surface area contributed by atoms with Crippen molar-refractivity contribution < 1.29 is 17.2 Å². The summed E-state index contributed by atoms with van der Waals surface area (Å²) < 4.78 is 52.7. The van der Waals surface area contributed by atoms with Gasteiger partial charge in [-0.1, -0.05) is 6.42 Å². The molecule has 1 aliphatic carbocycles. The van der Waals surface area contributed by atoms with Gasteiger partial charge < -0.3 is 5.73 Å². The van der Waals surface area contributed by atoms with Crippen molar-refractivity contribution in [2.45, 2.75) is 30.2 Å². The van der Waals surface area contributed by atoms with E-state index in [2.05, 4.69) is 4.72 Å². The molecule has 1 fully saturated rings. The highest BCUT2D eigenvalue weighted by Crippen LogP contribution is 2.26. The summed E-state index contributed by atoms with van der Waals surface area (Å²) in [6.45, 7) is 0.394. The molecule has 3 N–H and O–H groups in total. The molecule has 106 valence electrons. The molecule has 1 aromatic rings. The van der Waals surface area contributed by atoms with Crippen LogP contribution in [0.2, 0.25) is 0 Å². The number of halogens is 2. The Morgan fingerprint density at radius 2 is 1.84 bits per heavy atom. The fourth-order valence-electron chi connectivity index (χ4n) is 2.43. The summed E-state index contributed by atoms with van der Waals surface area (Å²) in [5, 5.41) is 0. The molecule has 19 heavy (non-hydrogen) atoms. The average Bonchev–Trinajstić information content (AvgIpc) is 2.74. The van der Waals surface area contributed by atoms with Crippen molar-refractivity contribution in [2.24, 2.45) is 11.7 Å². The van der Waals surface area contributed by atoms with Crippen molar-refractivity contribution in [3.05, 3.63) is 29.8 Å². The number of nitrogens with one attached hydrogen (secondary N) is 1. The highest BCUT2D eigenvalue weighted by atomic mass is 32.2. The zero-order valence-electron chi connectivity index (χ0n) is 10.3. The minimum atomic E-state index is -3.92. The van der Waals surface area contributed by atoms with Crippen LogP contribution >= 0.6 is 0 Å². The van der Waals surface area contributed by atoms with Crippen LogP contribution in [0.4, 0.5) is 8.78 Å². The van der Waals surface area contributed by atoms with Gasteiger partial charge in [0.2, 0.25) is 10.0 Å². The first kappa shape index (κ1) is 14.4. The second-order valence-corrected chi connectivity index (χ2v) is 6.47. The third-order valence-corrected chi connectivity index (χ3v) is 4.88. The highest BCUT2D eigenvalue weighted by Gasteiger charge is 2.30. The standard InChI is InChI=1S/C12H16F2N2O2S/c13-9-4-10(14)6-11(5-9)19(17,18)16-12-3-1-2-8(12)7-15/h4-6,8,12,16H,1-3,7,15H2/t8-,12-/m1/s1. The molecule has 0 aromatic heterocycles. The molecule has 0 radical (unpaired) electrons. The number of hydrogen-bond acceptors (Lipinski definition) is 3. The van der Waals surface area contributed by atoms with Crippen LogP contribution in [0, 0.1) is 17.6 Å². The predicted octanol–water partition coefficient (Wildman–Crippen LogP) is 1.37. The number of nitrogens with two attached hydrogens (primary N) is 1. The van der Waals surface area contributed by atoms with E-state index in [1.54, 1.807) is 0 Å². The monoisotopic (exact) mass is 290 g/mol. The van der Waals surface area contributed by atoms with E-state index in [1.165, 1.54) is 0 Å². The molecule has 0 spiro atoms. The van der Waals surface area contributed by atoms with Crippen molar-refractivity contribution in [1.29, 1.82) is 0 Å². The second-order valence-electron chi connectivity index (χ2n) is 4.76. The van der Waals surface area contributed by atoms with Gasteiger partial charge in [0.25, 0.3) is 0 Å². The maximum absolute atomic E-state index is 13.1. The van der Waals surface area contributed by atoms with Gasteiger partial charge >= 0.3 is 0 Å². The van der Waals surface area contributed by atoms with Gasteiger partial charge in [0.1, 0.15) is 11.6 Å². The first-order valence-electron chi connectivity index (χ1n) is 6.11. The molecule has 0 saturated heterocycles. The lowest BCUT2D eigenvalue weighted by Gasteiger charge is -2.19. The van der Waals surface area contributed by atoms with Crippen LogP contribution in [-0.4, -0.2) is 21.0 Å². The first-order chi connectivity index (χ1) is 8.92. The van der Waals surface area contributed by atoms with Gasteiger partial charge in [0, 0.05) is 12.1 Å². The molecule has 1 saturated carbocycles. The van der Waals surface area contributed by atoms with Gasteiger partial charge in [-0.25, -0.2) is 21.9 Å². The molecule has 1 aromatic carbocycles. The largest absolute Gasteiger partial charge is 0.330 e. The summed E-state index contributed by atoms with van der Waals surface area (Å²) in [4.78, 5) is -0.396. The Hall–Kier alpha value is -1.05. The Morgan fingerprint density at radius 1 is 1.21 bits per heavy atom. The molecule has 7 heteroatoms. The Labute approximate surface area is 111 Å². The summed E-state index contributed by atoms with van der Waals surface area (Å²) in [5.74, 6) is -1.75. The van der Waals surface area contributed by atoms with Crippen LogP contribution < -0.4 is 10.5 Å². The summed E-state index contributed by atoms with van der Waals surface area (Å²) in [6, 6.07) is 1.98. The number of sulfonamides is 1. The lowest BCUT2D eigenvalue weighted by Crippen LogP contribution is -2.39. The summed E-state index contributed by atoms with van der Waals surface area (Å²) in [7, 11) is -3.92. The maximum Gasteiger partial charge on any atom is 0.241 e. The highest BCUT2D eigenvalue weighted by molar-refractivity contribution is 7.89. The summed E-state index contributed by atoms with van der Waals surface area (Å²) in [6.07, 6.45) is 2.45. The van der Waals surface area contributed by atoms with Crippen LogP contribution in [-0.2, 0) is 10.0 Å². The number of rotatable bonds is 4. The van der Waals surface area contributed by atoms with Crippen molar-refractivity contribution in [2.75, 3.05) is 6.54 Å². The molecular formula is C12H16F2N2O2S. The number of hydrogen-bond donors (Lipinski definition) is 2. The predicted molar refractivity (Wildman–Crippen MR) is 66.9 cm³/mol. The summed E-state index contributed by atoms with van der Waals surface area (Å²) in [5.41, 5.74) is 5.58. The Bertz CT molecular complexity index is 543. The van der Waals surface area contributed by atoms with E-state index < -0.39 is 26.6 Å². The minimum Gasteiger partial charge on any atom is -0.330 e.